The Morgan fingerprint density at radius 1 is 1.28 bits per heavy atom. The van der Waals surface area contributed by atoms with Gasteiger partial charge in [-0.25, -0.2) is 9.78 Å². The van der Waals surface area contributed by atoms with Crippen LogP contribution in [0.3, 0.4) is 0 Å². The van der Waals surface area contributed by atoms with E-state index in [0.717, 1.165) is 24.2 Å². The number of anilines is 1. The van der Waals surface area contributed by atoms with Gasteiger partial charge in [-0.15, -0.1) is 0 Å². The van der Waals surface area contributed by atoms with Crippen molar-refractivity contribution in [3.8, 4) is 5.69 Å². The molecule has 4 rings (SSSR count). The summed E-state index contributed by atoms with van der Waals surface area (Å²) in [5.41, 5.74) is 8.24. The molecule has 1 aliphatic rings. The van der Waals surface area contributed by atoms with Crippen LogP contribution in [0.1, 0.15) is 31.5 Å². The van der Waals surface area contributed by atoms with Crippen LogP contribution in [0, 0.1) is 5.92 Å². The van der Waals surface area contributed by atoms with E-state index in [1.165, 1.54) is 0 Å². The van der Waals surface area contributed by atoms with Crippen molar-refractivity contribution < 1.29 is 4.79 Å². The highest BCUT2D eigenvalue weighted by Crippen LogP contribution is 2.27. The molecule has 3 aromatic rings. The molecule has 9 heteroatoms. The first-order valence-electron chi connectivity index (χ1n) is 9.65. The number of carbonyl (C=O) groups is 1. The van der Waals surface area contributed by atoms with Crippen molar-refractivity contribution in [1.82, 2.24) is 25.1 Å². The number of nitrogens with two attached hydrogens (primary N) is 1. The van der Waals surface area contributed by atoms with E-state index in [1.807, 2.05) is 35.0 Å². The summed E-state index contributed by atoms with van der Waals surface area (Å²) in [6, 6.07) is 9.17. The molecular weight excluding hydrogens is 390 g/mol. The predicted octanol–water partition coefficient (Wildman–Crippen LogP) is 3.26. The van der Waals surface area contributed by atoms with Crippen molar-refractivity contribution in [3.63, 3.8) is 0 Å². The number of halogens is 1. The molecular formula is C20H24ClN7O. The number of carbonyl (C=O) groups excluding carboxylic acids is 1. The van der Waals surface area contributed by atoms with E-state index in [0.29, 0.717) is 17.4 Å². The van der Waals surface area contributed by atoms with E-state index in [4.69, 9.17) is 17.3 Å². The molecule has 1 aliphatic heterocycles. The highest BCUT2D eigenvalue weighted by atomic mass is 35.5. The molecule has 1 saturated heterocycles. The van der Waals surface area contributed by atoms with E-state index < -0.39 is 0 Å². The SMILES string of the molecule is CC(CC[C@H](N)c1cn(-c2ccc(Cl)cc2)cn1)[C@H]1CNC(=O)N1c1ccn[nH]1. The smallest absolute Gasteiger partial charge is 0.323 e. The van der Waals surface area contributed by atoms with Crippen LogP contribution in [0.5, 0.6) is 0 Å². The highest BCUT2D eigenvalue weighted by Gasteiger charge is 2.36. The fourth-order valence-electron chi connectivity index (χ4n) is 3.71. The molecule has 1 unspecified atom stereocenters. The minimum absolute atomic E-state index is 0.0572. The number of urea groups is 1. The number of benzene rings is 1. The number of imidazole rings is 1. The van der Waals surface area contributed by atoms with Gasteiger partial charge in [0.05, 0.1) is 24.3 Å². The summed E-state index contributed by atoms with van der Waals surface area (Å²) in [5, 5.41) is 10.4. The maximum Gasteiger partial charge on any atom is 0.323 e. The number of aromatic amines is 1. The molecule has 29 heavy (non-hydrogen) atoms. The van der Waals surface area contributed by atoms with Gasteiger partial charge in [-0.05, 0) is 43.0 Å². The van der Waals surface area contributed by atoms with Gasteiger partial charge in [0, 0.05) is 35.6 Å². The Hall–Kier alpha value is -2.84. The number of rotatable bonds is 7. The summed E-state index contributed by atoms with van der Waals surface area (Å²) in [6.07, 6.45) is 7.02. The highest BCUT2D eigenvalue weighted by molar-refractivity contribution is 6.30. The summed E-state index contributed by atoms with van der Waals surface area (Å²) in [7, 11) is 0. The third-order valence-electron chi connectivity index (χ3n) is 5.46. The third-order valence-corrected chi connectivity index (χ3v) is 5.71. The number of aromatic nitrogens is 4. The molecule has 2 aromatic heterocycles. The third kappa shape index (κ3) is 4.13. The zero-order valence-corrected chi connectivity index (χ0v) is 16.9. The Labute approximate surface area is 174 Å². The zero-order valence-electron chi connectivity index (χ0n) is 16.1. The molecule has 0 saturated carbocycles. The summed E-state index contributed by atoms with van der Waals surface area (Å²) in [5.74, 6) is 0.976. The molecule has 1 aromatic carbocycles. The van der Waals surface area contributed by atoms with E-state index in [1.54, 1.807) is 23.5 Å². The number of hydrogen-bond donors (Lipinski definition) is 3. The lowest BCUT2D eigenvalue weighted by atomic mass is 9.93. The maximum atomic E-state index is 12.2. The summed E-state index contributed by atoms with van der Waals surface area (Å²) in [4.78, 5) is 18.4. The average molecular weight is 414 g/mol. The Bertz CT molecular complexity index is 954. The maximum absolute atomic E-state index is 12.2. The van der Waals surface area contributed by atoms with Crippen LogP contribution in [-0.2, 0) is 0 Å². The number of amides is 2. The molecule has 0 spiro atoms. The van der Waals surface area contributed by atoms with Crippen LogP contribution in [-0.4, -0.2) is 38.4 Å². The van der Waals surface area contributed by atoms with Crippen molar-refractivity contribution in [3.05, 3.63) is 59.8 Å². The van der Waals surface area contributed by atoms with E-state index in [-0.39, 0.29) is 24.0 Å². The van der Waals surface area contributed by atoms with Crippen molar-refractivity contribution in [2.45, 2.75) is 31.8 Å². The lowest BCUT2D eigenvalue weighted by Crippen LogP contribution is -2.39. The zero-order chi connectivity index (χ0) is 20.4. The number of nitrogens with one attached hydrogen (secondary N) is 2. The Kier molecular flexibility index (Phi) is 5.55. The van der Waals surface area contributed by atoms with Gasteiger partial charge >= 0.3 is 6.03 Å². The van der Waals surface area contributed by atoms with E-state index >= 15 is 0 Å². The van der Waals surface area contributed by atoms with Gasteiger partial charge in [-0.3, -0.25) is 10.00 Å². The van der Waals surface area contributed by atoms with Gasteiger partial charge in [-0.1, -0.05) is 18.5 Å². The molecule has 0 bridgehead atoms. The molecule has 0 radical (unpaired) electrons. The Morgan fingerprint density at radius 3 is 2.79 bits per heavy atom. The summed E-state index contributed by atoms with van der Waals surface area (Å²) in [6.45, 7) is 2.76. The molecule has 3 heterocycles. The average Bonchev–Trinajstić information content (AvgIpc) is 3.46. The van der Waals surface area contributed by atoms with Gasteiger partial charge < -0.3 is 15.6 Å². The lowest BCUT2D eigenvalue weighted by molar-refractivity contribution is 0.251. The van der Waals surface area contributed by atoms with Gasteiger partial charge in [-0.2, -0.15) is 5.10 Å². The molecule has 1 fully saturated rings. The number of nitrogens with zero attached hydrogens (tertiary/aromatic N) is 4. The van der Waals surface area contributed by atoms with Gasteiger partial charge in [0.2, 0.25) is 0 Å². The van der Waals surface area contributed by atoms with Gasteiger partial charge in [0.25, 0.3) is 0 Å². The summed E-state index contributed by atoms with van der Waals surface area (Å²) >= 11 is 5.95. The number of hydrogen-bond acceptors (Lipinski definition) is 4. The van der Waals surface area contributed by atoms with E-state index in [9.17, 15) is 4.79 Å². The van der Waals surface area contributed by atoms with Crippen LogP contribution in [0.4, 0.5) is 10.6 Å². The topological polar surface area (TPSA) is 105 Å². The van der Waals surface area contributed by atoms with Crippen LogP contribution in [0.25, 0.3) is 5.69 Å². The summed E-state index contributed by atoms with van der Waals surface area (Å²) < 4.78 is 1.94. The Morgan fingerprint density at radius 2 is 2.07 bits per heavy atom. The molecule has 0 aliphatic carbocycles. The van der Waals surface area contributed by atoms with Crippen LogP contribution >= 0.6 is 11.6 Å². The van der Waals surface area contributed by atoms with Crippen LogP contribution in [0.15, 0.2) is 49.1 Å². The largest absolute Gasteiger partial charge is 0.336 e. The second-order valence-electron chi connectivity index (χ2n) is 7.41. The standard InChI is InChI=1S/C20H24ClN7O/c1-13(18-10-23-20(29)28(18)19-8-9-25-26-19)2-7-16(22)17-11-27(12-24-17)15-5-3-14(21)4-6-15/h3-6,8-9,11-13,16,18H,2,7,10,22H2,1H3,(H,23,29)(H,25,26)/t13?,16-,18+/m0/s1. The quantitative estimate of drug-likeness (QED) is 0.552. The van der Waals surface area contributed by atoms with E-state index in [2.05, 4.69) is 27.4 Å². The number of H-pyrrole nitrogens is 1. The van der Waals surface area contributed by atoms with Gasteiger partial charge in [0.1, 0.15) is 5.82 Å². The van der Waals surface area contributed by atoms with Crippen molar-refractivity contribution >= 4 is 23.4 Å². The van der Waals surface area contributed by atoms with Crippen molar-refractivity contribution in [2.75, 3.05) is 11.4 Å². The first-order valence-corrected chi connectivity index (χ1v) is 10.0. The van der Waals surface area contributed by atoms with Crippen LogP contribution < -0.4 is 16.0 Å². The lowest BCUT2D eigenvalue weighted by Gasteiger charge is -2.27. The minimum Gasteiger partial charge on any atom is -0.336 e. The molecule has 8 nitrogen and oxygen atoms in total. The molecule has 4 N–H and O–H groups in total. The van der Waals surface area contributed by atoms with Crippen LogP contribution in [0.2, 0.25) is 5.02 Å². The fourth-order valence-corrected chi connectivity index (χ4v) is 3.84. The first kappa shape index (κ1) is 19.5. The van der Waals surface area contributed by atoms with Gasteiger partial charge in [0.15, 0.2) is 0 Å². The monoisotopic (exact) mass is 413 g/mol. The normalized spacial score (nSPS) is 18.7. The Balaban J connectivity index is 1.37. The molecule has 152 valence electrons. The fraction of sp³-hybridized carbons (Fsp3) is 0.350. The molecule has 3 atom stereocenters. The predicted molar refractivity (Wildman–Crippen MR) is 112 cm³/mol. The second kappa shape index (κ2) is 8.26. The molecule has 2 amide bonds. The first-order chi connectivity index (χ1) is 14.0. The van der Waals surface area contributed by atoms with Crippen molar-refractivity contribution in [2.24, 2.45) is 11.7 Å². The van der Waals surface area contributed by atoms with Crippen molar-refractivity contribution in [1.29, 1.82) is 0 Å². The second-order valence-corrected chi connectivity index (χ2v) is 7.85. The minimum atomic E-state index is -0.170.